The largest absolute Gasteiger partial charge is 0.480 e. The molecule has 1 saturated carbocycles. The Bertz CT molecular complexity index is 571. The molecule has 2 unspecified atom stereocenters. The van der Waals surface area contributed by atoms with E-state index in [0.717, 1.165) is 12.1 Å². The number of alkyl halides is 3. The summed E-state index contributed by atoms with van der Waals surface area (Å²) in [5.41, 5.74) is -0.294. The van der Waals surface area contributed by atoms with Crippen LogP contribution in [0.3, 0.4) is 0 Å². The van der Waals surface area contributed by atoms with Gasteiger partial charge in [0.15, 0.2) is 0 Å². The average Bonchev–Trinajstić information content (AvgIpc) is 3.18. The maximum Gasteiger partial charge on any atom is 0.416 e. The molecule has 0 aliphatic heterocycles. The molecular weight excluding hydrogens is 287 g/mol. The summed E-state index contributed by atoms with van der Waals surface area (Å²) in [7, 11) is 0. The molecule has 4 nitrogen and oxygen atoms in total. The number of amides is 1. The molecule has 0 aromatic heterocycles. The number of carbonyl (C=O) groups is 2. The van der Waals surface area contributed by atoms with Crippen LogP contribution in [0, 0.1) is 5.92 Å². The molecule has 1 aliphatic rings. The number of carboxylic acid groups (broad SMARTS) is 1. The van der Waals surface area contributed by atoms with E-state index in [1.54, 1.807) is 6.07 Å². The van der Waals surface area contributed by atoms with Gasteiger partial charge in [0.05, 0.1) is 5.56 Å². The predicted octanol–water partition coefficient (Wildman–Crippen LogP) is 2.40. The van der Waals surface area contributed by atoms with E-state index in [2.05, 4.69) is 5.32 Å². The van der Waals surface area contributed by atoms with Crippen LogP contribution in [0.15, 0.2) is 24.3 Å². The summed E-state index contributed by atoms with van der Waals surface area (Å²) in [5.74, 6) is -2.34. The molecule has 2 rings (SSSR count). The van der Waals surface area contributed by atoms with Crippen molar-refractivity contribution in [1.82, 2.24) is 5.32 Å². The predicted molar refractivity (Wildman–Crippen MR) is 67.5 cm³/mol. The van der Waals surface area contributed by atoms with Gasteiger partial charge in [0, 0.05) is 5.92 Å². The van der Waals surface area contributed by atoms with Crippen LogP contribution in [0.25, 0.3) is 0 Å². The van der Waals surface area contributed by atoms with Crippen LogP contribution in [0.1, 0.15) is 30.4 Å². The molecule has 1 amide bonds. The highest BCUT2D eigenvalue weighted by Crippen LogP contribution is 2.48. The van der Waals surface area contributed by atoms with Gasteiger partial charge in [0.25, 0.3) is 0 Å². The fraction of sp³-hybridized carbons (Fsp3) is 0.429. The number of aliphatic carboxylic acids is 1. The van der Waals surface area contributed by atoms with Crippen LogP contribution in [-0.4, -0.2) is 23.0 Å². The summed E-state index contributed by atoms with van der Waals surface area (Å²) < 4.78 is 37.9. The Morgan fingerprint density at radius 2 is 2.05 bits per heavy atom. The number of hydrogen-bond donors (Lipinski definition) is 2. The van der Waals surface area contributed by atoms with Gasteiger partial charge in [-0.25, -0.2) is 0 Å². The molecule has 0 spiro atoms. The maximum absolute atomic E-state index is 12.6. The van der Waals surface area contributed by atoms with Crippen LogP contribution >= 0.6 is 0 Å². The highest BCUT2D eigenvalue weighted by atomic mass is 19.4. The third-order valence-corrected chi connectivity index (χ3v) is 3.50. The van der Waals surface area contributed by atoms with Gasteiger partial charge in [-0.2, -0.15) is 13.2 Å². The quantitative estimate of drug-likeness (QED) is 0.897. The normalized spacial score (nSPS) is 22.5. The molecule has 0 heterocycles. The van der Waals surface area contributed by atoms with Gasteiger partial charge in [0.2, 0.25) is 5.91 Å². The summed E-state index contributed by atoms with van der Waals surface area (Å²) in [6, 6.07) is 3.87. The summed E-state index contributed by atoms with van der Waals surface area (Å²) in [6.45, 7) is 1.34. The molecule has 114 valence electrons. The van der Waals surface area contributed by atoms with E-state index in [0.29, 0.717) is 12.0 Å². The lowest BCUT2D eigenvalue weighted by Crippen LogP contribution is -2.39. The lowest BCUT2D eigenvalue weighted by atomic mass is 10.1. The Labute approximate surface area is 119 Å². The van der Waals surface area contributed by atoms with Gasteiger partial charge < -0.3 is 10.4 Å². The van der Waals surface area contributed by atoms with Crippen LogP contribution in [0.4, 0.5) is 13.2 Å². The highest BCUT2D eigenvalue weighted by molar-refractivity contribution is 5.87. The van der Waals surface area contributed by atoms with Gasteiger partial charge in [-0.3, -0.25) is 9.59 Å². The fourth-order valence-electron chi connectivity index (χ4n) is 2.18. The Morgan fingerprint density at radius 1 is 1.38 bits per heavy atom. The molecule has 7 heteroatoms. The van der Waals surface area contributed by atoms with Crippen LogP contribution in [-0.2, 0) is 15.8 Å². The molecule has 2 N–H and O–H groups in total. The topological polar surface area (TPSA) is 66.4 Å². The van der Waals surface area contributed by atoms with E-state index in [9.17, 15) is 22.8 Å². The molecule has 3 atom stereocenters. The van der Waals surface area contributed by atoms with Crippen molar-refractivity contribution in [2.24, 2.45) is 5.92 Å². The molecule has 1 aliphatic carbocycles. The minimum absolute atomic E-state index is 0.284. The number of carboxylic acids is 1. The van der Waals surface area contributed by atoms with Crippen molar-refractivity contribution in [3.63, 3.8) is 0 Å². The maximum atomic E-state index is 12.6. The van der Waals surface area contributed by atoms with Crippen LogP contribution < -0.4 is 5.32 Å². The SMILES string of the molecule is C[C@@H](NC(=O)C1CC1c1cccc(C(F)(F)F)c1)C(=O)O. The van der Waals surface area contributed by atoms with E-state index in [4.69, 9.17) is 5.11 Å². The number of carbonyl (C=O) groups excluding carboxylic acids is 1. The number of rotatable bonds is 4. The van der Waals surface area contributed by atoms with E-state index < -0.39 is 35.6 Å². The molecule has 1 aromatic carbocycles. The zero-order valence-corrected chi connectivity index (χ0v) is 11.1. The van der Waals surface area contributed by atoms with Gasteiger partial charge in [0.1, 0.15) is 6.04 Å². The molecule has 1 fully saturated rings. The number of halogens is 3. The van der Waals surface area contributed by atoms with Gasteiger partial charge in [-0.1, -0.05) is 18.2 Å². The molecule has 0 bridgehead atoms. The Balaban J connectivity index is 2.03. The third kappa shape index (κ3) is 3.53. The lowest BCUT2D eigenvalue weighted by Gasteiger charge is -2.10. The van der Waals surface area contributed by atoms with E-state index in [-0.39, 0.29) is 5.92 Å². The van der Waals surface area contributed by atoms with Crippen molar-refractivity contribution in [2.45, 2.75) is 31.5 Å². The zero-order chi connectivity index (χ0) is 15.8. The van der Waals surface area contributed by atoms with Crippen LogP contribution in [0.2, 0.25) is 0 Å². The summed E-state index contributed by atoms with van der Waals surface area (Å²) >= 11 is 0. The van der Waals surface area contributed by atoms with E-state index in [1.165, 1.54) is 13.0 Å². The van der Waals surface area contributed by atoms with Crippen molar-refractivity contribution in [2.75, 3.05) is 0 Å². The smallest absolute Gasteiger partial charge is 0.416 e. The average molecular weight is 301 g/mol. The van der Waals surface area contributed by atoms with Gasteiger partial charge >= 0.3 is 12.1 Å². The standard InChI is InChI=1S/C14H14F3NO3/c1-7(13(20)21)18-12(19)11-6-10(11)8-3-2-4-9(5-8)14(15,16)17/h2-5,7,10-11H,6H2,1H3,(H,18,19)(H,20,21)/t7-,10?,11?/m1/s1. The minimum atomic E-state index is -4.42. The second-order valence-electron chi connectivity index (χ2n) is 5.14. The van der Waals surface area contributed by atoms with E-state index >= 15 is 0 Å². The van der Waals surface area contributed by atoms with Crippen molar-refractivity contribution in [3.8, 4) is 0 Å². The van der Waals surface area contributed by atoms with Crippen molar-refractivity contribution in [3.05, 3.63) is 35.4 Å². The third-order valence-electron chi connectivity index (χ3n) is 3.50. The first-order valence-electron chi connectivity index (χ1n) is 6.40. The number of hydrogen-bond acceptors (Lipinski definition) is 2. The second kappa shape index (κ2) is 5.38. The Morgan fingerprint density at radius 3 is 2.62 bits per heavy atom. The first kappa shape index (κ1) is 15.3. The number of benzene rings is 1. The zero-order valence-electron chi connectivity index (χ0n) is 11.1. The highest BCUT2D eigenvalue weighted by Gasteiger charge is 2.45. The van der Waals surface area contributed by atoms with E-state index in [1.807, 2.05) is 0 Å². The molecule has 21 heavy (non-hydrogen) atoms. The van der Waals surface area contributed by atoms with Gasteiger partial charge in [-0.15, -0.1) is 0 Å². The first-order chi connectivity index (χ1) is 9.70. The summed E-state index contributed by atoms with van der Waals surface area (Å²) in [4.78, 5) is 22.4. The Kier molecular flexibility index (Phi) is 3.93. The minimum Gasteiger partial charge on any atom is -0.480 e. The lowest BCUT2D eigenvalue weighted by molar-refractivity contribution is -0.141. The Hall–Kier alpha value is -2.05. The summed E-state index contributed by atoms with van der Waals surface area (Å²) in [5, 5.41) is 11.0. The van der Waals surface area contributed by atoms with Gasteiger partial charge in [-0.05, 0) is 30.9 Å². The van der Waals surface area contributed by atoms with Crippen molar-refractivity contribution >= 4 is 11.9 Å². The first-order valence-corrected chi connectivity index (χ1v) is 6.40. The molecule has 0 saturated heterocycles. The molecule has 0 radical (unpaired) electrons. The monoisotopic (exact) mass is 301 g/mol. The van der Waals surface area contributed by atoms with Crippen molar-refractivity contribution < 1.29 is 27.9 Å². The number of nitrogens with one attached hydrogen (secondary N) is 1. The van der Waals surface area contributed by atoms with Crippen LogP contribution in [0.5, 0.6) is 0 Å². The van der Waals surface area contributed by atoms with Crippen molar-refractivity contribution in [1.29, 1.82) is 0 Å². The molecular formula is C14H14F3NO3. The second-order valence-corrected chi connectivity index (χ2v) is 5.14. The molecule has 1 aromatic rings. The summed E-state index contributed by atoms with van der Waals surface area (Å²) in [6.07, 6.45) is -3.99. The fourth-order valence-corrected chi connectivity index (χ4v) is 2.18.